The lowest BCUT2D eigenvalue weighted by Crippen LogP contribution is -2.58. The fourth-order valence-electron chi connectivity index (χ4n) is 2.62. The zero-order valence-corrected chi connectivity index (χ0v) is 10.5. The Morgan fingerprint density at radius 1 is 1.72 bits per heavy atom. The number of carbonyl (C=O) groups excluding carboxylic acids is 1. The van der Waals surface area contributed by atoms with E-state index in [0.717, 1.165) is 0 Å². The van der Waals surface area contributed by atoms with Crippen LogP contribution in [0, 0.1) is 0 Å². The topological polar surface area (TPSA) is 88.3 Å². The lowest BCUT2D eigenvalue weighted by atomic mass is 9.96. The van der Waals surface area contributed by atoms with Crippen LogP contribution in [0.25, 0.3) is 0 Å². The number of amides is 1. The molecule has 8 heteroatoms. The second-order valence-corrected chi connectivity index (χ2v) is 6.44. The van der Waals surface area contributed by atoms with Gasteiger partial charge in [-0.2, -0.15) is 0 Å². The van der Waals surface area contributed by atoms with Crippen molar-refractivity contribution in [3.8, 4) is 0 Å². The normalized spacial score (nSPS) is 34.3. The fraction of sp³-hybridized carbons (Fsp3) is 0.600. The van der Waals surface area contributed by atoms with Crippen LogP contribution in [0.15, 0.2) is 12.4 Å². The van der Waals surface area contributed by atoms with Gasteiger partial charge < -0.3 is 10.0 Å². The lowest BCUT2D eigenvalue weighted by molar-refractivity contribution is -0.157. The highest BCUT2D eigenvalue weighted by Crippen LogP contribution is 2.51. The molecule has 96 valence electrons. The van der Waals surface area contributed by atoms with Crippen molar-refractivity contribution in [1.29, 1.82) is 0 Å². The molecule has 1 aromatic rings. The van der Waals surface area contributed by atoms with Gasteiger partial charge in [0.1, 0.15) is 6.04 Å². The molecular formula is C10H12N4O3S. The van der Waals surface area contributed by atoms with Gasteiger partial charge in [0.2, 0.25) is 5.91 Å². The molecule has 2 saturated heterocycles. The first kappa shape index (κ1) is 11.5. The van der Waals surface area contributed by atoms with Crippen LogP contribution in [0.4, 0.5) is 0 Å². The maximum atomic E-state index is 11.5. The van der Waals surface area contributed by atoms with E-state index in [-0.39, 0.29) is 11.3 Å². The van der Waals surface area contributed by atoms with E-state index in [2.05, 4.69) is 10.3 Å². The first-order chi connectivity index (χ1) is 8.51. The van der Waals surface area contributed by atoms with Gasteiger partial charge in [0, 0.05) is 6.20 Å². The predicted octanol–water partition coefficient (Wildman–Crippen LogP) is -0.205. The third-order valence-electron chi connectivity index (χ3n) is 3.39. The molecule has 0 radical (unpaired) electrons. The van der Waals surface area contributed by atoms with E-state index in [0.29, 0.717) is 13.0 Å². The molecule has 18 heavy (non-hydrogen) atoms. The quantitative estimate of drug-likeness (QED) is 0.763. The molecule has 0 spiro atoms. The molecule has 3 rings (SSSR count). The maximum absolute atomic E-state index is 11.5. The van der Waals surface area contributed by atoms with E-state index in [1.807, 2.05) is 6.92 Å². The number of hydrogen-bond acceptors (Lipinski definition) is 5. The van der Waals surface area contributed by atoms with E-state index in [1.54, 1.807) is 17.1 Å². The van der Waals surface area contributed by atoms with E-state index >= 15 is 0 Å². The second kappa shape index (κ2) is 3.71. The molecular weight excluding hydrogens is 256 g/mol. The van der Waals surface area contributed by atoms with Crippen LogP contribution in [0.5, 0.6) is 0 Å². The second-order valence-electron chi connectivity index (χ2n) is 4.73. The molecule has 7 nitrogen and oxygen atoms in total. The standard InChI is InChI=1S/C10H12N4O3S/c1-10(5-13-3-2-11-12-13)8(9(16)17)14-6(15)4-7(14)18-10/h2-3,7-8H,4-5H2,1H3,(H,16,17)/t7?,8-,10-/m0/s1. The Hall–Kier alpha value is -1.57. The molecule has 2 aliphatic heterocycles. The third kappa shape index (κ3) is 1.52. The van der Waals surface area contributed by atoms with Crippen molar-refractivity contribution in [2.24, 2.45) is 0 Å². The Balaban J connectivity index is 1.90. The van der Waals surface area contributed by atoms with E-state index in [9.17, 15) is 14.7 Å². The van der Waals surface area contributed by atoms with Crippen molar-refractivity contribution in [2.45, 2.75) is 36.1 Å². The van der Waals surface area contributed by atoms with Crippen molar-refractivity contribution in [2.75, 3.05) is 0 Å². The summed E-state index contributed by atoms with van der Waals surface area (Å²) in [4.78, 5) is 24.4. The van der Waals surface area contributed by atoms with E-state index < -0.39 is 16.8 Å². The van der Waals surface area contributed by atoms with Gasteiger partial charge >= 0.3 is 5.97 Å². The zero-order chi connectivity index (χ0) is 12.9. The summed E-state index contributed by atoms with van der Waals surface area (Å²) < 4.78 is 1.04. The Bertz CT molecular complexity index is 505. The summed E-state index contributed by atoms with van der Waals surface area (Å²) in [6.45, 7) is 2.29. The van der Waals surface area contributed by atoms with Crippen molar-refractivity contribution in [3.05, 3.63) is 12.4 Å². The average Bonchev–Trinajstić information content (AvgIpc) is 2.83. The third-order valence-corrected chi connectivity index (χ3v) is 4.95. The molecule has 3 atom stereocenters. The van der Waals surface area contributed by atoms with Crippen molar-refractivity contribution in [1.82, 2.24) is 19.9 Å². The van der Waals surface area contributed by atoms with Crippen molar-refractivity contribution in [3.63, 3.8) is 0 Å². The zero-order valence-electron chi connectivity index (χ0n) is 9.68. The summed E-state index contributed by atoms with van der Waals surface area (Å²) >= 11 is 1.54. The Labute approximate surface area is 107 Å². The summed E-state index contributed by atoms with van der Waals surface area (Å²) in [6, 6.07) is -0.794. The van der Waals surface area contributed by atoms with E-state index in [4.69, 9.17) is 0 Å². The highest BCUT2D eigenvalue weighted by molar-refractivity contribution is 8.01. The smallest absolute Gasteiger partial charge is 0.327 e. The van der Waals surface area contributed by atoms with Gasteiger partial charge in [0.15, 0.2) is 0 Å². The molecule has 0 saturated carbocycles. The minimum Gasteiger partial charge on any atom is -0.480 e. The molecule has 1 N–H and O–H groups in total. The number of carbonyl (C=O) groups is 2. The van der Waals surface area contributed by atoms with Gasteiger partial charge in [0.05, 0.1) is 29.3 Å². The average molecular weight is 268 g/mol. The van der Waals surface area contributed by atoms with Crippen LogP contribution in [0.2, 0.25) is 0 Å². The van der Waals surface area contributed by atoms with Crippen LogP contribution in [0.1, 0.15) is 13.3 Å². The van der Waals surface area contributed by atoms with Crippen LogP contribution in [-0.4, -0.2) is 53.0 Å². The number of β-lactam (4-membered cyclic amide) rings is 1. The lowest BCUT2D eigenvalue weighted by Gasteiger charge is -2.36. The Morgan fingerprint density at radius 3 is 3.06 bits per heavy atom. The number of thioether (sulfide) groups is 1. The number of fused-ring (bicyclic) bond motifs is 1. The fourth-order valence-corrected chi connectivity index (χ4v) is 4.37. The number of aliphatic carboxylic acids is 1. The molecule has 2 aliphatic rings. The highest BCUT2D eigenvalue weighted by Gasteiger charge is 2.60. The highest BCUT2D eigenvalue weighted by atomic mass is 32.2. The van der Waals surface area contributed by atoms with Gasteiger partial charge in [-0.05, 0) is 6.92 Å². The number of carboxylic acid groups (broad SMARTS) is 1. The molecule has 1 amide bonds. The minimum absolute atomic E-state index is 0.00729. The number of hydrogen-bond donors (Lipinski definition) is 1. The largest absolute Gasteiger partial charge is 0.480 e. The minimum atomic E-state index is -0.958. The molecule has 2 fully saturated rings. The van der Waals surface area contributed by atoms with Crippen molar-refractivity contribution < 1.29 is 14.7 Å². The number of rotatable bonds is 3. The summed E-state index contributed by atoms with van der Waals surface area (Å²) in [5.74, 6) is -1.04. The van der Waals surface area contributed by atoms with Crippen LogP contribution in [-0.2, 0) is 16.1 Å². The van der Waals surface area contributed by atoms with Gasteiger partial charge in [-0.1, -0.05) is 5.21 Å². The molecule has 0 bridgehead atoms. The Morgan fingerprint density at radius 2 is 2.50 bits per heavy atom. The van der Waals surface area contributed by atoms with Gasteiger partial charge in [-0.15, -0.1) is 16.9 Å². The van der Waals surface area contributed by atoms with Gasteiger partial charge in [-0.25, -0.2) is 4.79 Å². The first-order valence-corrected chi connectivity index (χ1v) is 6.45. The molecule has 0 aromatic carbocycles. The summed E-state index contributed by atoms with van der Waals surface area (Å²) in [6.07, 6.45) is 3.68. The van der Waals surface area contributed by atoms with Crippen LogP contribution < -0.4 is 0 Å². The summed E-state index contributed by atoms with van der Waals surface area (Å²) in [5, 5.41) is 16.9. The van der Waals surface area contributed by atoms with Crippen LogP contribution >= 0.6 is 11.8 Å². The summed E-state index contributed by atoms with van der Waals surface area (Å²) in [7, 11) is 0. The van der Waals surface area contributed by atoms with Gasteiger partial charge in [0.25, 0.3) is 0 Å². The van der Waals surface area contributed by atoms with E-state index in [1.165, 1.54) is 16.7 Å². The molecule has 0 aliphatic carbocycles. The molecule has 1 unspecified atom stereocenters. The molecule has 1 aromatic heterocycles. The van der Waals surface area contributed by atoms with Crippen LogP contribution in [0.3, 0.4) is 0 Å². The number of carboxylic acids is 1. The number of nitrogens with zero attached hydrogens (tertiary/aromatic N) is 4. The number of aromatic nitrogens is 3. The predicted molar refractivity (Wildman–Crippen MR) is 62.7 cm³/mol. The van der Waals surface area contributed by atoms with Gasteiger partial charge in [-0.3, -0.25) is 9.48 Å². The SMILES string of the molecule is C[C@@]1(Cn2ccnn2)SC2CC(=O)N2[C@H]1C(=O)O. The first-order valence-electron chi connectivity index (χ1n) is 5.57. The monoisotopic (exact) mass is 268 g/mol. The maximum Gasteiger partial charge on any atom is 0.327 e. The summed E-state index contributed by atoms with van der Waals surface area (Å²) in [5.41, 5.74) is 0. The van der Waals surface area contributed by atoms with Crippen molar-refractivity contribution >= 4 is 23.6 Å². The molecule has 3 heterocycles. The Kier molecular flexibility index (Phi) is 2.37.